The molecule has 0 bridgehead atoms. The molecular weight excluding hydrogens is 480 g/mol. The van der Waals surface area contributed by atoms with Crippen LogP contribution in [-0.4, -0.2) is 56.3 Å². The van der Waals surface area contributed by atoms with Crippen LogP contribution in [0.5, 0.6) is 5.75 Å². The Hall–Kier alpha value is -3.42. The Kier molecular flexibility index (Phi) is 6.22. The van der Waals surface area contributed by atoms with Gasteiger partial charge in [-0.1, -0.05) is 11.6 Å². The van der Waals surface area contributed by atoms with Crippen LogP contribution in [0.25, 0.3) is 11.0 Å². The minimum Gasteiger partial charge on any atom is -0.489 e. The van der Waals surface area contributed by atoms with Gasteiger partial charge in [-0.05, 0) is 39.7 Å². The van der Waals surface area contributed by atoms with E-state index in [0.717, 1.165) is 29.7 Å². The number of halogens is 1. The first-order valence-corrected chi connectivity index (χ1v) is 12.4. The molecule has 11 heteroatoms. The molecule has 10 nitrogen and oxygen atoms in total. The van der Waals surface area contributed by atoms with E-state index in [1.54, 1.807) is 17.8 Å². The summed E-state index contributed by atoms with van der Waals surface area (Å²) in [5, 5.41) is 18.5. The normalized spacial score (nSPS) is 22.6. The maximum absolute atomic E-state index is 12.0. The number of carbonyl (C=O) groups is 1. The van der Waals surface area contributed by atoms with Crippen LogP contribution in [0.15, 0.2) is 12.4 Å². The highest BCUT2D eigenvalue weighted by molar-refractivity contribution is 6.32. The molecule has 2 aliphatic rings. The summed E-state index contributed by atoms with van der Waals surface area (Å²) in [6.07, 6.45) is 2.87. The van der Waals surface area contributed by atoms with Crippen molar-refractivity contribution in [1.82, 2.24) is 30.0 Å². The number of carbonyl (C=O) groups excluding carboxylic acids is 1. The number of nitrogen functional groups attached to an aromatic ring is 1. The molecule has 1 aromatic carbocycles. The van der Waals surface area contributed by atoms with Crippen molar-refractivity contribution in [2.24, 2.45) is 5.92 Å². The molecule has 0 radical (unpaired) electrons. The lowest BCUT2D eigenvalue weighted by atomic mass is 9.78. The average molecular weight is 509 g/mol. The largest absolute Gasteiger partial charge is 0.489 e. The summed E-state index contributed by atoms with van der Waals surface area (Å²) < 4.78 is 8.29. The van der Waals surface area contributed by atoms with Crippen LogP contribution in [0.1, 0.15) is 55.1 Å². The molecule has 1 amide bonds. The van der Waals surface area contributed by atoms with Crippen molar-refractivity contribution in [3.8, 4) is 11.8 Å². The van der Waals surface area contributed by atoms with Gasteiger partial charge < -0.3 is 15.8 Å². The number of fused-ring (bicyclic) bond motifs is 2. The molecule has 3 aromatic rings. The van der Waals surface area contributed by atoms with Crippen LogP contribution < -0.4 is 15.8 Å². The minimum absolute atomic E-state index is 0.0232. The molecule has 1 aliphatic carbocycles. The third-order valence-electron chi connectivity index (χ3n) is 7.40. The van der Waals surface area contributed by atoms with E-state index in [0.29, 0.717) is 46.3 Å². The Morgan fingerprint density at radius 2 is 2.14 bits per heavy atom. The number of ether oxygens (including phenoxy) is 1. The Labute approximate surface area is 214 Å². The topological polar surface area (TPSA) is 135 Å². The average Bonchev–Trinajstić information content (AvgIpc) is 3.06. The van der Waals surface area contributed by atoms with Crippen molar-refractivity contribution in [2.75, 3.05) is 19.3 Å². The standard InChI is InChI=1S/C25H29ClN8O2/c1-12-9-33(16-5-15(6-16)25(35)29-4)10-19-18(8-27)20(26)7-17(22(19)36-12)14(3)34-24-21(13(2)32-34)23(28)30-11-31-24/h7,11-12,14-16H,5-6,9-10H2,1-4H3,(H,29,35)(H2,28,30,31)/t12-,14-,15?,16?/m0/s1. The number of benzene rings is 1. The molecule has 2 aromatic heterocycles. The molecule has 1 fully saturated rings. The summed E-state index contributed by atoms with van der Waals surface area (Å²) in [5.41, 5.74) is 9.46. The van der Waals surface area contributed by atoms with Gasteiger partial charge in [0.2, 0.25) is 5.91 Å². The molecular formula is C25H29ClN8O2. The zero-order chi connectivity index (χ0) is 25.7. The number of hydrogen-bond acceptors (Lipinski definition) is 8. The second kappa shape index (κ2) is 9.22. The van der Waals surface area contributed by atoms with Gasteiger partial charge in [0.15, 0.2) is 5.65 Å². The van der Waals surface area contributed by atoms with E-state index in [1.165, 1.54) is 6.33 Å². The molecule has 0 saturated heterocycles. The fourth-order valence-electron chi connectivity index (χ4n) is 5.42. The highest BCUT2D eigenvalue weighted by Gasteiger charge is 2.40. The lowest BCUT2D eigenvalue weighted by molar-refractivity contribution is -0.129. The van der Waals surface area contributed by atoms with Crippen LogP contribution in [-0.2, 0) is 11.3 Å². The number of aromatic nitrogens is 4. The van der Waals surface area contributed by atoms with Gasteiger partial charge in [0.25, 0.3) is 0 Å². The van der Waals surface area contributed by atoms with Crippen LogP contribution in [0.2, 0.25) is 5.02 Å². The predicted octanol–water partition coefficient (Wildman–Crippen LogP) is 2.96. The maximum Gasteiger partial charge on any atom is 0.222 e. The summed E-state index contributed by atoms with van der Waals surface area (Å²) in [7, 11) is 1.67. The predicted molar refractivity (Wildman–Crippen MR) is 136 cm³/mol. The van der Waals surface area contributed by atoms with Gasteiger partial charge in [0.1, 0.15) is 30.1 Å². The first-order chi connectivity index (χ1) is 17.2. The molecule has 36 heavy (non-hydrogen) atoms. The third kappa shape index (κ3) is 3.92. The molecule has 188 valence electrons. The number of aryl methyl sites for hydroxylation is 1. The van der Waals surface area contributed by atoms with Crippen molar-refractivity contribution >= 4 is 34.4 Å². The number of nitrogens with two attached hydrogens (primary N) is 1. The zero-order valence-electron chi connectivity index (χ0n) is 20.7. The number of anilines is 1. The SMILES string of the molecule is CNC(=O)C1CC(N2Cc3c(C#N)c(Cl)cc([C@H](C)n4nc(C)c5c(N)ncnc54)c3O[C@@H](C)C2)C1. The molecule has 2 atom stereocenters. The quantitative estimate of drug-likeness (QED) is 0.549. The summed E-state index contributed by atoms with van der Waals surface area (Å²) >= 11 is 6.67. The molecule has 1 aliphatic heterocycles. The van der Waals surface area contributed by atoms with Crippen molar-refractivity contribution in [2.45, 2.75) is 58.3 Å². The zero-order valence-corrected chi connectivity index (χ0v) is 21.5. The summed E-state index contributed by atoms with van der Waals surface area (Å²) in [6.45, 7) is 7.09. The Balaban J connectivity index is 1.57. The van der Waals surface area contributed by atoms with Crippen molar-refractivity contribution in [3.63, 3.8) is 0 Å². The fraction of sp³-hybridized carbons (Fsp3) is 0.480. The lowest BCUT2D eigenvalue weighted by Crippen LogP contribution is -2.50. The second-order valence-corrected chi connectivity index (χ2v) is 10.1. The van der Waals surface area contributed by atoms with Gasteiger partial charge >= 0.3 is 0 Å². The number of nitriles is 1. The number of nitrogens with zero attached hydrogens (tertiary/aromatic N) is 6. The minimum atomic E-state index is -0.297. The van der Waals surface area contributed by atoms with Gasteiger partial charge in [-0.25, -0.2) is 14.6 Å². The van der Waals surface area contributed by atoms with Crippen LogP contribution in [0.4, 0.5) is 5.82 Å². The van der Waals surface area contributed by atoms with Gasteiger partial charge in [0.05, 0.1) is 27.7 Å². The van der Waals surface area contributed by atoms with Crippen LogP contribution in [0, 0.1) is 24.2 Å². The highest BCUT2D eigenvalue weighted by Crippen LogP contribution is 2.43. The molecule has 5 rings (SSSR count). The van der Waals surface area contributed by atoms with Crippen LogP contribution >= 0.6 is 11.6 Å². The Morgan fingerprint density at radius 3 is 2.83 bits per heavy atom. The number of amides is 1. The summed E-state index contributed by atoms with van der Waals surface area (Å²) in [6, 6.07) is 4.03. The van der Waals surface area contributed by atoms with Gasteiger partial charge in [-0.2, -0.15) is 10.4 Å². The van der Waals surface area contributed by atoms with Gasteiger partial charge in [-0.15, -0.1) is 0 Å². The van der Waals surface area contributed by atoms with E-state index in [4.69, 9.17) is 27.2 Å². The molecule has 3 heterocycles. The summed E-state index contributed by atoms with van der Waals surface area (Å²) in [4.78, 5) is 22.9. The van der Waals surface area contributed by atoms with Crippen LogP contribution in [0.3, 0.4) is 0 Å². The highest BCUT2D eigenvalue weighted by atomic mass is 35.5. The van der Waals surface area contributed by atoms with E-state index in [9.17, 15) is 10.1 Å². The fourth-order valence-corrected chi connectivity index (χ4v) is 5.69. The van der Waals surface area contributed by atoms with Crippen molar-refractivity contribution < 1.29 is 9.53 Å². The first kappa shape index (κ1) is 24.3. The van der Waals surface area contributed by atoms with E-state index >= 15 is 0 Å². The third-order valence-corrected chi connectivity index (χ3v) is 7.70. The molecule has 0 unspecified atom stereocenters. The van der Waals surface area contributed by atoms with E-state index in [2.05, 4.69) is 26.3 Å². The molecule has 3 N–H and O–H groups in total. The number of rotatable bonds is 4. The van der Waals surface area contributed by atoms with Crippen molar-refractivity contribution in [3.05, 3.63) is 39.8 Å². The van der Waals surface area contributed by atoms with Crippen molar-refractivity contribution in [1.29, 1.82) is 5.26 Å². The lowest BCUT2D eigenvalue weighted by Gasteiger charge is -2.42. The monoisotopic (exact) mass is 508 g/mol. The first-order valence-electron chi connectivity index (χ1n) is 12.1. The van der Waals surface area contributed by atoms with E-state index in [-0.39, 0.29) is 30.0 Å². The van der Waals surface area contributed by atoms with E-state index in [1.807, 2.05) is 20.8 Å². The van der Waals surface area contributed by atoms with E-state index < -0.39 is 0 Å². The van der Waals surface area contributed by atoms with Gasteiger partial charge in [0, 0.05) is 43.2 Å². The smallest absolute Gasteiger partial charge is 0.222 e. The van der Waals surface area contributed by atoms with Gasteiger partial charge in [-0.3, -0.25) is 9.69 Å². The molecule has 0 spiro atoms. The molecule has 1 saturated carbocycles. The maximum atomic E-state index is 12.0. The Bertz CT molecular complexity index is 1390. The second-order valence-electron chi connectivity index (χ2n) is 9.70. The Morgan fingerprint density at radius 1 is 1.39 bits per heavy atom. The number of hydrogen-bond donors (Lipinski definition) is 2. The summed E-state index contributed by atoms with van der Waals surface area (Å²) in [5.74, 6) is 1.14. The number of nitrogens with one attached hydrogen (secondary N) is 1.